The van der Waals surface area contributed by atoms with Crippen molar-refractivity contribution in [1.82, 2.24) is 20.1 Å². The summed E-state index contributed by atoms with van der Waals surface area (Å²) in [4.78, 5) is 18.6. The molecule has 4 rings (SSSR count). The molecule has 1 amide bonds. The summed E-state index contributed by atoms with van der Waals surface area (Å²) in [5.41, 5.74) is 3.15. The second-order valence-electron chi connectivity index (χ2n) is 6.10. The molecule has 1 saturated heterocycles. The van der Waals surface area contributed by atoms with Crippen LogP contribution in [0.4, 0.5) is 0 Å². The van der Waals surface area contributed by atoms with Gasteiger partial charge in [-0.05, 0) is 19.1 Å². The highest BCUT2D eigenvalue weighted by Crippen LogP contribution is 2.21. The molecule has 0 unspecified atom stereocenters. The van der Waals surface area contributed by atoms with Gasteiger partial charge >= 0.3 is 0 Å². The van der Waals surface area contributed by atoms with E-state index in [1.54, 1.807) is 11.0 Å². The van der Waals surface area contributed by atoms with Gasteiger partial charge in [0.1, 0.15) is 11.8 Å². The van der Waals surface area contributed by atoms with Gasteiger partial charge in [-0.25, -0.2) is 4.98 Å². The minimum Gasteiger partial charge on any atom is -0.471 e. The van der Waals surface area contributed by atoms with Gasteiger partial charge in [0.05, 0.1) is 18.8 Å². The number of amides is 1. The molecule has 1 aliphatic heterocycles. The van der Waals surface area contributed by atoms with Crippen molar-refractivity contribution in [3.05, 3.63) is 66.0 Å². The van der Waals surface area contributed by atoms with Crippen molar-refractivity contribution in [2.45, 2.75) is 13.0 Å². The predicted octanol–water partition coefficient (Wildman–Crippen LogP) is 2.68. The van der Waals surface area contributed by atoms with Gasteiger partial charge in [0.15, 0.2) is 0 Å². The average Bonchev–Trinajstić information content (AvgIpc) is 3.08. The maximum absolute atomic E-state index is 12.5. The molecule has 126 valence electrons. The minimum atomic E-state index is -0.0632. The molecule has 0 aliphatic carbocycles. The Kier molecular flexibility index (Phi) is 3.93. The van der Waals surface area contributed by atoms with Crippen LogP contribution in [-0.4, -0.2) is 45.2 Å². The van der Waals surface area contributed by atoms with Crippen LogP contribution in [-0.2, 0) is 0 Å². The fourth-order valence-electron chi connectivity index (χ4n) is 2.79. The van der Waals surface area contributed by atoms with Crippen molar-refractivity contribution in [2.75, 3.05) is 13.1 Å². The third-order valence-electron chi connectivity index (χ3n) is 4.16. The van der Waals surface area contributed by atoms with E-state index in [0.29, 0.717) is 24.7 Å². The summed E-state index contributed by atoms with van der Waals surface area (Å²) in [5.74, 6) is 0.539. The van der Waals surface area contributed by atoms with Gasteiger partial charge in [0, 0.05) is 17.3 Å². The fourth-order valence-corrected chi connectivity index (χ4v) is 2.79. The van der Waals surface area contributed by atoms with E-state index in [0.717, 1.165) is 17.0 Å². The summed E-state index contributed by atoms with van der Waals surface area (Å²) in [6.45, 7) is 3.02. The van der Waals surface area contributed by atoms with E-state index < -0.39 is 0 Å². The van der Waals surface area contributed by atoms with Crippen LogP contribution in [0.15, 0.2) is 54.6 Å². The minimum absolute atomic E-state index is 0.0187. The molecule has 0 bridgehead atoms. The highest BCUT2D eigenvalue weighted by atomic mass is 16.5. The number of nitrogens with one attached hydrogen (secondary N) is 1. The standard InChI is InChI=1S/C19H18N4O2/c1-13-6-5-9-18(20-13)25-15-11-23(12-15)19(24)17-10-16(21-22-17)14-7-3-2-4-8-14/h2-10,15H,11-12H2,1H3,(H,21,22). The number of aryl methyl sites for hydroxylation is 1. The van der Waals surface area contributed by atoms with Crippen LogP contribution in [0.2, 0.25) is 0 Å². The second kappa shape index (κ2) is 6.39. The number of ether oxygens (including phenoxy) is 1. The van der Waals surface area contributed by atoms with Crippen LogP contribution < -0.4 is 4.74 Å². The van der Waals surface area contributed by atoms with Crippen LogP contribution >= 0.6 is 0 Å². The van der Waals surface area contributed by atoms with Crippen LogP contribution in [0.25, 0.3) is 11.3 Å². The van der Waals surface area contributed by atoms with Crippen LogP contribution in [0.3, 0.4) is 0 Å². The predicted molar refractivity (Wildman–Crippen MR) is 93.3 cm³/mol. The number of hydrogen-bond donors (Lipinski definition) is 1. The summed E-state index contributed by atoms with van der Waals surface area (Å²) in [6.07, 6.45) is -0.0187. The summed E-state index contributed by atoms with van der Waals surface area (Å²) in [5, 5.41) is 7.06. The highest BCUT2D eigenvalue weighted by Gasteiger charge is 2.33. The number of hydrogen-bond acceptors (Lipinski definition) is 4. The van der Waals surface area contributed by atoms with E-state index in [4.69, 9.17) is 4.74 Å². The zero-order chi connectivity index (χ0) is 17.2. The number of benzene rings is 1. The SMILES string of the molecule is Cc1cccc(OC2CN(C(=O)c3cc(-c4ccccc4)n[nH]3)C2)n1. The zero-order valence-corrected chi connectivity index (χ0v) is 13.8. The quantitative estimate of drug-likeness (QED) is 0.796. The first-order valence-electron chi connectivity index (χ1n) is 8.19. The number of carbonyl (C=O) groups is 1. The van der Waals surface area contributed by atoms with Gasteiger partial charge in [-0.15, -0.1) is 0 Å². The first-order valence-corrected chi connectivity index (χ1v) is 8.19. The molecule has 0 saturated carbocycles. The van der Waals surface area contributed by atoms with Crippen molar-refractivity contribution < 1.29 is 9.53 Å². The van der Waals surface area contributed by atoms with Crippen molar-refractivity contribution in [1.29, 1.82) is 0 Å². The number of H-pyrrole nitrogens is 1. The van der Waals surface area contributed by atoms with Crippen molar-refractivity contribution in [2.24, 2.45) is 0 Å². The number of carbonyl (C=O) groups excluding carboxylic acids is 1. The molecular formula is C19H18N4O2. The van der Waals surface area contributed by atoms with Gasteiger partial charge in [-0.1, -0.05) is 36.4 Å². The molecule has 1 fully saturated rings. The first-order chi connectivity index (χ1) is 12.2. The molecule has 6 nitrogen and oxygen atoms in total. The van der Waals surface area contributed by atoms with E-state index in [1.807, 2.05) is 55.5 Å². The molecule has 6 heteroatoms. The topological polar surface area (TPSA) is 71.1 Å². The Labute approximate surface area is 145 Å². The molecule has 2 aromatic heterocycles. The monoisotopic (exact) mass is 334 g/mol. The smallest absolute Gasteiger partial charge is 0.272 e. The lowest BCUT2D eigenvalue weighted by Crippen LogP contribution is -2.56. The molecule has 0 atom stereocenters. The molecule has 1 N–H and O–H groups in total. The van der Waals surface area contributed by atoms with Crippen LogP contribution in [0.5, 0.6) is 5.88 Å². The normalized spacial score (nSPS) is 14.2. The summed E-state index contributed by atoms with van der Waals surface area (Å²) in [6, 6.07) is 17.2. The van der Waals surface area contributed by atoms with Crippen LogP contribution in [0, 0.1) is 6.92 Å². The largest absolute Gasteiger partial charge is 0.471 e. The Hall–Kier alpha value is -3.15. The Morgan fingerprint density at radius 2 is 1.96 bits per heavy atom. The van der Waals surface area contributed by atoms with E-state index in [2.05, 4.69) is 15.2 Å². The zero-order valence-electron chi connectivity index (χ0n) is 13.8. The molecule has 3 heterocycles. The van der Waals surface area contributed by atoms with E-state index in [1.165, 1.54) is 0 Å². The van der Waals surface area contributed by atoms with Gasteiger partial charge in [0.25, 0.3) is 5.91 Å². The summed E-state index contributed by atoms with van der Waals surface area (Å²) < 4.78 is 5.79. The lowest BCUT2D eigenvalue weighted by Gasteiger charge is -2.38. The Balaban J connectivity index is 1.36. The first kappa shape index (κ1) is 15.4. The lowest BCUT2D eigenvalue weighted by molar-refractivity contribution is 0.0155. The fraction of sp³-hybridized carbons (Fsp3) is 0.211. The number of aromatic nitrogens is 3. The molecule has 25 heavy (non-hydrogen) atoms. The summed E-state index contributed by atoms with van der Waals surface area (Å²) in [7, 11) is 0. The number of pyridine rings is 1. The van der Waals surface area contributed by atoms with E-state index >= 15 is 0 Å². The summed E-state index contributed by atoms with van der Waals surface area (Å²) >= 11 is 0. The Morgan fingerprint density at radius 1 is 1.16 bits per heavy atom. The van der Waals surface area contributed by atoms with E-state index in [-0.39, 0.29) is 12.0 Å². The Morgan fingerprint density at radius 3 is 2.72 bits per heavy atom. The number of nitrogens with zero attached hydrogens (tertiary/aromatic N) is 3. The number of aromatic amines is 1. The van der Waals surface area contributed by atoms with Crippen molar-refractivity contribution >= 4 is 5.91 Å². The van der Waals surface area contributed by atoms with Gasteiger partial charge in [-0.2, -0.15) is 5.10 Å². The van der Waals surface area contributed by atoms with E-state index in [9.17, 15) is 4.79 Å². The molecule has 1 aromatic carbocycles. The van der Waals surface area contributed by atoms with Crippen molar-refractivity contribution in [3.8, 4) is 17.1 Å². The molecule has 0 radical (unpaired) electrons. The van der Waals surface area contributed by atoms with Gasteiger partial charge in [-0.3, -0.25) is 9.89 Å². The maximum atomic E-state index is 12.5. The number of likely N-dealkylation sites (tertiary alicyclic amines) is 1. The lowest BCUT2D eigenvalue weighted by atomic mass is 10.1. The molecule has 3 aromatic rings. The molecule has 0 spiro atoms. The van der Waals surface area contributed by atoms with Gasteiger partial charge in [0.2, 0.25) is 5.88 Å². The molecule has 1 aliphatic rings. The highest BCUT2D eigenvalue weighted by molar-refractivity contribution is 5.94. The number of rotatable bonds is 4. The van der Waals surface area contributed by atoms with Crippen LogP contribution in [0.1, 0.15) is 16.2 Å². The van der Waals surface area contributed by atoms with Crippen molar-refractivity contribution in [3.63, 3.8) is 0 Å². The second-order valence-corrected chi connectivity index (χ2v) is 6.10. The Bertz CT molecular complexity index is 885. The third kappa shape index (κ3) is 3.24. The van der Waals surface area contributed by atoms with Gasteiger partial charge < -0.3 is 9.64 Å². The third-order valence-corrected chi connectivity index (χ3v) is 4.16. The molecular weight excluding hydrogens is 316 g/mol. The average molecular weight is 334 g/mol. The maximum Gasteiger partial charge on any atom is 0.272 e.